The topological polar surface area (TPSA) is 60.9 Å². The van der Waals surface area contributed by atoms with Crippen molar-refractivity contribution in [3.63, 3.8) is 0 Å². The Bertz CT molecular complexity index is 1250. The molecule has 0 amide bonds. The Morgan fingerprint density at radius 1 is 0.944 bits per heavy atom. The van der Waals surface area contributed by atoms with Gasteiger partial charge in [-0.15, -0.1) is 0 Å². The molecule has 3 aromatic carbocycles. The monoisotopic (exact) mass is 546 g/mol. The van der Waals surface area contributed by atoms with Crippen LogP contribution in [-0.2, 0) is 15.6 Å². The van der Waals surface area contributed by atoms with Gasteiger partial charge in [-0.2, -0.15) is 0 Å². The van der Waals surface area contributed by atoms with E-state index in [4.69, 9.17) is 23.2 Å². The van der Waals surface area contributed by atoms with Gasteiger partial charge < -0.3 is 10.0 Å². The van der Waals surface area contributed by atoms with Crippen LogP contribution in [0.5, 0.6) is 0 Å². The van der Waals surface area contributed by atoms with Gasteiger partial charge >= 0.3 is 0 Å². The first-order chi connectivity index (χ1) is 17.2. The minimum absolute atomic E-state index is 0.0238. The fourth-order valence-electron chi connectivity index (χ4n) is 4.84. The number of likely N-dealkylation sites (tertiary alicyclic amines) is 1. The zero-order valence-electron chi connectivity index (χ0n) is 20.4. The summed E-state index contributed by atoms with van der Waals surface area (Å²) >= 11 is 12.3. The van der Waals surface area contributed by atoms with Crippen molar-refractivity contribution in [2.75, 3.05) is 33.2 Å². The van der Waals surface area contributed by atoms with E-state index in [1.54, 1.807) is 37.4 Å². The van der Waals surface area contributed by atoms with Gasteiger partial charge in [-0.3, -0.25) is 0 Å². The van der Waals surface area contributed by atoms with E-state index in [9.17, 15) is 13.5 Å². The molecule has 36 heavy (non-hydrogen) atoms. The lowest BCUT2D eigenvalue weighted by Crippen LogP contribution is -2.43. The minimum atomic E-state index is -3.60. The van der Waals surface area contributed by atoms with Crippen LogP contribution in [-0.4, -0.2) is 56.0 Å². The highest BCUT2D eigenvalue weighted by Gasteiger charge is 2.34. The molecule has 1 aliphatic rings. The van der Waals surface area contributed by atoms with E-state index in [-0.39, 0.29) is 10.8 Å². The molecule has 1 heterocycles. The molecule has 1 N–H and O–H groups in total. The highest BCUT2D eigenvalue weighted by Crippen LogP contribution is 2.34. The normalized spacial score (nSPS) is 17.2. The molecule has 4 rings (SSSR count). The van der Waals surface area contributed by atoms with Crippen molar-refractivity contribution in [1.29, 1.82) is 0 Å². The summed E-state index contributed by atoms with van der Waals surface area (Å²) in [5, 5.41) is 12.5. The summed E-state index contributed by atoms with van der Waals surface area (Å²) in [5.41, 5.74) is 1.07. The van der Waals surface area contributed by atoms with E-state index in [2.05, 4.69) is 4.90 Å². The summed E-state index contributed by atoms with van der Waals surface area (Å²) in [6, 6.07) is 23.6. The highest BCUT2D eigenvalue weighted by molar-refractivity contribution is 7.89. The summed E-state index contributed by atoms with van der Waals surface area (Å²) in [5.74, 6) is -0.0238. The Hall–Kier alpha value is -1.93. The molecule has 0 aliphatic carbocycles. The number of sulfonamides is 1. The van der Waals surface area contributed by atoms with Gasteiger partial charge in [0.25, 0.3) is 0 Å². The number of hydrogen-bond acceptors (Lipinski definition) is 4. The molecule has 0 bridgehead atoms. The molecule has 1 saturated heterocycles. The number of rotatable bonds is 9. The number of nitrogens with zero attached hydrogens (tertiary/aromatic N) is 2. The number of piperidine rings is 1. The third-order valence-electron chi connectivity index (χ3n) is 7.11. The van der Waals surface area contributed by atoms with Crippen LogP contribution in [0.2, 0.25) is 10.0 Å². The maximum absolute atomic E-state index is 13.2. The molecule has 1 atom stereocenters. The van der Waals surface area contributed by atoms with Crippen molar-refractivity contribution in [1.82, 2.24) is 9.21 Å². The number of likely N-dealkylation sites (N-methyl/N-ethyl adjacent to an activating group) is 1. The maximum atomic E-state index is 13.2. The van der Waals surface area contributed by atoms with Crippen molar-refractivity contribution in [3.8, 4) is 0 Å². The van der Waals surface area contributed by atoms with Gasteiger partial charge in [0.05, 0.1) is 10.5 Å². The van der Waals surface area contributed by atoms with E-state index >= 15 is 0 Å². The van der Waals surface area contributed by atoms with Crippen LogP contribution in [0.25, 0.3) is 0 Å². The lowest BCUT2D eigenvalue weighted by Gasteiger charge is -2.39. The van der Waals surface area contributed by atoms with Gasteiger partial charge in [-0.25, -0.2) is 12.7 Å². The van der Waals surface area contributed by atoms with Crippen molar-refractivity contribution >= 4 is 33.2 Å². The maximum Gasteiger partial charge on any atom is 0.242 e. The molecule has 192 valence electrons. The Labute approximate surface area is 224 Å². The molecule has 8 heteroatoms. The molecule has 1 fully saturated rings. The standard InChI is InChI=1S/C28H32Cl2N2O3S/c1-31(36(34,35)27-8-3-2-4-9-27)21-23(22-6-5-7-26(30)20-22)14-17-32-18-15-28(33,16-19-32)24-10-12-25(29)13-11-24/h2-13,20,23,33H,14-19,21H2,1H3. The minimum Gasteiger partial charge on any atom is -0.385 e. The molecule has 5 nitrogen and oxygen atoms in total. The first-order valence-corrected chi connectivity index (χ1v) is 14.3. The van der Waals surface area contributed by atoms with Gasteiger partial charge in [-0.05, 0) is 79.3 Å². The predicted molar refractivity (Wildman–Crippen MR) is 146 cm³/mol. The SMILES string of the molecule is CN(CC(CCN1CCC(O)(c2ccc(Cl)cc2)CC1)c1cccc(Cl)c1)S(=O)(=O)c1ccccc1. The molecule has 0 saturated carbocycles. The third-order valence-corrected chi connectivity index (χ3v) is 9.43. The van der Waals surface area contributed by atoms with Crippen LogP contribution in [0.1, 0.15) is 36.3 Å². The summed E-state index contributed by atoms with van der Waals surface area (Å²) in [6.45, 7) is 2.67. The molecule has 0 aromatic heterocycles. The molecule has 0 spiro atoms. The van der Waals surface area contributed by atoms with Crippen molar-refractivity contribution < 1.29 is 13.5 Å². The molecule has 1 aliphatic heterocycles. The number of halogens is 2. The van der Waals surface area contributed by atoms with Crippen molar-refractivity contribution in [2.45, 2.75) is 35.7 Å². The molecule has 3 aromatic rings. The van der Waals surface area contributed by atoms with E-state index in [0.717, 1.165) is 37.2 Å². The van der Waals surface area contributed by atoms with E-state index in [1.807, 2.05) is 48.5 Å². The second-order valence-corrected chi connectivity index (χ2v) is 12.4. The molecular weight excluding hydrogens is 515 g/mol. The van der Waals surface area contributed by atoms with Crippen LogP contribution >= 0.6 is 23.2 Å². The highest BCUT2D eigenvalue weighted by atomic mass is 35.5. The van der Waals surface area contributed by atoms with E-state index in [1.165, 1.54) is 4.31 Å². The van der Waals surface area contributed by atoms with E-state index in [0.29, 0.717) is 29.4 Å². The van der Waals surface area contributed by atoms with Crippen molar-refractivity contribution in [3.05, 3.63) is 100 Å². The lowest BCUT2D eigenvalue weighted by molar-refractivity contribution is -0.0263. The number of hydrogen-bond donors (Lipinski definition) is 1. The van der Waals surface area contributed by atoms with Gasteiger partial charge in [0.15, 0.2) is 0 Å². The Morgan fingerprint density at radius 3 is 2.25 bits per heavy atom. The van der Waals surface area contributed by atoms with Gasteiger partial charge in [0.2, 0.25) is 10.0 Å². The zero-order chi connectivity index (χ0) is 25.8. The lowest BCUT2D eigenvalue weighted by atomic mass is 9.84. The van der Waals surface area contributed by atoms with Gasteiger partial charge in [-0.1, -0.05) is 65.7 Å². The zero-order valence-corrected chi connectivity index (χ0v) is 22.7. The third kappa shape index (κ3) is 6.49. The fourth-order valence-corrected chi connectivity index (χ4v) is 6.40. The second-order valence-electron chi connectivity index (χ2n) is 9.52. The quantitative estimate of drug-likeness (QED) is 0.370. The fraction of sp³-hybridized carbons (Fsp3) is 0.357. The largest absolute Gasteiger partial charge is 0.385 e. The summed E-state index contributed by atoms with van der Waals surface area (Å²) < 4.78 is 27.7. The van der Waals surface area contributed by atoms with Gasteiger partial charge in [0, 0.05) is 36.7 Å². The molecule has 1 unspecified atom stereocenters. The Morgan fingerprint density at radius 2 is 1.61 bits per heavy atom. The average molecular weight is 548 g/mol. The molecular formula is C28H32Cl2N2O3S. The number of aliphatic hydroxyl groups is 1. The Kier molecular flexibility index (Phi) is 8.76. The molecule has 0 radical (unpaired) electrons. The average Bonchev–Trinajstić information content (AvgIpc) is 2.88. The van der Waals surface area contributed by atoms with Crippen molar-refractivity contribution in [2.24, 2.45) is 0 Å². The second kappa shape index (κ2) is 11.6. The number of benzene rings is 3. The van der Waals surface area contributed by atoms with Crippen LogP contribution in [0.15, 0.2) is 83.8 Å². The van der Waals surface area contributed by atoms with Crippen LogP contribution in [0.3, 0.4) is 0 Å². The summed E-state index contributed by atoms with van der Waals surface area (Å²) in [7, 11) is -1.97. The van der Waals surface area contributed by atoms with Gasteiger partial charge in [0.1, 0.15) is 0 Å². The van der Waals surface area contributed by atoms with Crippen LogP contribution < -0.4 is 0 Å². The summed E-state index contributed by atoms with van der Waals surface area (Å²) in [4.78, 5) is 2.63. The first kappa shape index (κ1) is 27.1. The van der Waals surface area contributed by atoms with E-state index < -0.39 is 15.6 Å². The smallest absolute Gasteiger partial charge is 0.242 e. The first-order valence-electron chi connectivity index (χ1n) is 12.1. The predicted octanol–water partition coefficient (Wildman–Crippen LogP) is 5.77. The van der Waals surface area contributed by atoms with Crippen LogP contribution in [0.4, 0.5) is 0 Å². The summed E-state index contributed by atoms with van der Waals surface area (Å²) in [6.07, 6.45) is 2.05. The van der Waals surface area contributed by atoms with Crippen LogP contribution in [0, 0.1) is 0 Å². The Balaban J connectivity index is 1.43.